The van der Waals surface area contributed by atoms with E-state index >= 15 is 0 Å². The van der Waals surface area contributed by atoms with Gasteiger partial charge in [0.15, 0.2) is 0 Å². The summed E-state index contributed by atoms with van der Waals surface area (Å²) in [5.41, 5.74) is 8.17. The molecule has 3 heteroatoms. The van der Waals surface area contributed by atoms with E-state index in [1.54, 1.807) is 6.07 Å². The lowest BCUT2D eigenvalue weighted by Gasteiger charge is -2.22. The Balaban J connectivity index is 2.30. The summed E-state index contributed by atoms with van der Waals surface area (Å²) in [6.07, 6.45) is 2.05. The van der Waals surface area contributed by atoms with Crippen molar-refractivity contribution in [2.75, 3.05) is 0 Å². The molecule has 3 N–H and O–H groups in total. The van der Waals surface area contributed by atoms with Gasteiger partial charge in [0.05, 0.1) is 5.52 Å². The van der Waals surface area contributed by atoms with E-state index in [9.17, 15) is 5.11 Å². The number of phenols is 1. The number of benzene rings is 1. The van der Waals surface area contributed by atoms with Crippen LogP contribution in [0, 0.1) is 0 Å². The Morgan fingerprint density at radius 2 is 2.27 bits per heavy atom. The molecule has 1 aromatic carbocycles. The van der Waals surface area contributed by atoms with Gasteiger partial charge in [0, 0.05) is 23.7 Å². The highest BCUT2D eigenvalue weighted by Gasteiger charge is 2.19. The van der Waals surface area contributed by atoms with Crippen molar-refractivity contribution < 1.29 is 5.11 Å². The summed E-state index contributed by atoms with van der Waals surface area (Å²) in [5, 5.41) is 11.0. The van der Waals surface area contributed by atoms with Crippen LogP contribution in [0.2, 0.25) is 0 Å². The topological polar surface area (TPSA) is 51.2 Å². The lowest BCUT2D eigenvalue weighted by Crippen LogP contribution is -2.31. The van der Waals surface area contributed by atoms with Crippen LogP contribution < -0.4 is 5.73 Å². The number of para-hydroxylation sites is 1. The fourth-order valence-corrected chi connectivity index (χ4v) is 2.44. The van der Waals surface area contributed by atoms with Crippen molar-refractivity contribution in [2.24, 2.45) is 5.73 Å². The Morgan fingerprint density at radius 1 is 1.40 bits per heavy atom. The Kier molecular flexibility index (Phi) is 1.76. The molecule has 0 amide bonds. The number of aromatic nitrogens is 1. The van der Waals surface area contributed by atoms with Crippen LogP contribution in [-0.2, 0) is 13.0 Å². The van der Waals surface area contributed by atoms with E-state index in [0.29, 0.717) is 5.75 Å². The van der Waals surface area contributed by atoms with Gasteiger partial charge in [0.25, 0.3) is 0 Å². The predicted octanol–water partition coefficient (Wildman–Crippen LogP) is 1.62. The zero-order valence-corrected chi connectivity index (χ0v) is 8.48. The van der Waals surface area contributed by atoms with Crippen LogP contribution in [0.5, 0.6) is 5.75 Å². The molecule has 2 aromatic rings. The SMILES string of the molecule is NC1CCc2cc3cccc(O)c3n2C1. The first-order valence-corrected chi connectivity index (χ1v) is 5.31. The Hall–Kier alpha value is -1.48. The standard InChI is InChI=1S/C12H14N2O/c13-9-4-5-10-6-8-2-1-3-11(15)12(8)14(10)7-9/h1-3,6,9,15H,4-5,7,13H2. The predicted molar refractivity (Wildman–Crippen MR) is 59.9 cm³/mol. The monoisotopic (exact) mass is 202 g/mol. The van der Waals surface area contributed by atoms with E-state index < -0.39 is 0 Å². The van der Waals surface area contributed by atoms with Gasteiger partial charge in [-0.3, -0.25) is 0 Å². The molecule has 1 atom stereocenters. The Labute approximate surface area is 88.1 Å². The number of hydrogen-bond acceptors (Lipinski definition) is 2. The van der Waals surface area contributed by atoms with E-state index in [4.69, 9.17) is 5.73 Å². The summed E-state index contributed by atoms with van der Waals surface area (Å²) in [6.45, 7) is 0.816. The highest BCUT2D eigenvalue weighted by molar-refractivity contribution is 5.86. The summed E-state index contributed by atoms with van der Waals surface area (Å²) < 4.78 is 2.15. The first kappa shape index (κ1) is 8.80. The van der Waals surface area contributed by atoms with Crippen LogP contribution in [0.1, 0.15) is 12.1 Å². The molecule has 1 unspecified atom stereocenters. The molecule has 0 bridgehead atoms. The molecule has 15 heavy (non-hydrogen) atoms. The smallest absolute Gasteiger partial charge is 0.139 e. The van der Waals surface area contributed by atoms with E-state index in [-0.39, 0.29) is 6.04 Å². The zero-order chi connectivity index (χ0) is 10.4. The van der Waals surface area contributed by atoms with Crippen LogP contribution in [-0.4, -0.2) is 15.7 Å². The maximum atomic E-state index is 9.84. The lowest BCUT2D eigenvalue weighted by molar-refractivity contribution is 0.453. The highest BCUT2D eigenvalue weighted by atomic mass is 16.3. The maximum Gasteiger partial charge on any atom is 0.139 e. The minimum atomic E-state index is 0.215. The largest absolute Gasteiger partial charge is 0.506 e. The molecule has 0 saturated heterocycles. The summed E-state index contributed by atoms with van der Waals surface area (Å²) in [7, 11) is 0. The van der Waals surface area contributed by atoms with Gasteiger partial charge in [-0.05, 0) is 25.0 Å². The minimum Gasteiger partial charge on any atom is -0.506 e. The normalized spacial score (nSPS) is 20.5. The van der Waals surface area contributed by atoms with Crippen LogP contribution in [0.25, 0.3) is 10.9 Å². The molecule has 0 radical (unpaired) electrons. The molecule has 2 heterocycles. The first-order chi connectivity index (χ1) is 7.25. The van der Waals surface area contributed by atoms with Crippen LogP contribution >= 0.6 is 0 Å². The second-order valence-corrected chi connectivity index (χ2v) is 4.26. The number of fused-ring (bicyclic) bond motifs is 3. The molecule has 0 saturated carbocycles. The van der Waals surface area contributed by atoms with Gasteiger partial charge in [-0.1, -0.05) is 12.1 Å². The van der Waals surface area contributed by atoms with Crippen molar-refractivity contribution in [1.82, 2.24) is 4.57 Å². The van der Waals surface area contributed by atoms with E-state index in [1.165, 1.54) is 5.69 Å². The number of aromatic hydroxyl groups is 1. The summed E-state index contributed by atoms with van der Waals surface area (Å²) in [6, 6.07) is 8.01. The van der Waals surface area contributed by atoms with Crippen molar-refractivity contribution in [3.63, 3.8) is 0 Å². The average Bonchev–Trinajstić information content (AvgIpc) is 2.57. The lowest BCUT2D eigenvalue weighted by atomic mass is 10.1. The fraction of sp³-hybridized carbons (Fsp3) is 0.333. The third kappa shape index (κ3) is 1.23. The number of aryl methyl sites for hydroxylation is 1. The average molecular weight is 202 g/mol. The summed E-state index contributed by atoms with van der Waals surface area (Å²) >= 11 is 0. The number of nitrogens with two attached hydrogens (primary N) is 1. The van der Waals surface area contributed by atoms with Gasteiger partial charge < -0.3 is 15.4 Å². The van der Waals surface area contributed by atoms with E-state index in [1.807, 2.05) is 12.1 Å². The number of nitrogens with zero attached hydrogens (tertiary/aromatic N) is 1. The van der Waals surface area contributed by atoms with Crippen molar-refractivity contribution in [3.05, 3.63) is 30.0 Å². The molecule has 1 aliphatic rings. The van der Waals surface area contributed by atoms with Gasteiger partial charge >= 0.3 is 0 Å². The molecule has 0 fully saturated rings. The second kappa shape index (κ2) is 3.00. The van der Waals surface area contributed by atoms with Crippen molar-refractivity contribution in [3.8, 4) is 5.75 Å². The van der Waals surface area contributed by atoms with Gasteiger partial charge in [0.1, 0.15) is 5.75 Å². The second-order valence-electron chi connectivity index (χ2n) is 4.26. The molecule has 78 valence electrons. The number of hydrogen-bond donors (Lipinski definition) is 2. The third-order valence-corrected chi connectivity index (χ3v) is 3.17. The third-order valence-electron chi connectivity index (χ3n) is 3.17. The minimum absolute atomic E-state index is 0.215. The Bertz CT molecular complexity index is 516. The van der Waals surface area contributed by atoms with Crippen LogP contribution in [0.15, 0.2) is 24.3 Å². The van der Waals surface area contributed by atoms with E-state index in [0.717, 1.165) is 30.3 Å². The summed E-state index contributed by atoms with van der Waals surface area (Å²) in [5.74, 6) is 0.354. The van der Waals surface area contributed by atoms with Gasteiger partial charge in [-0.25, -0.2) is 0 Å². The zero-order valence-electron chi connectivity index (χ0n) is 8.48. The summed E-state index contributed by atoms with van der Waals surface area (Å²) in [4.78, 5) is 0. The highest BCUT2D eigenvalue weighted by Crippen LogP contribution is 2.30. The molecular weight excluding hydrogens is 188 g/mol. The van der Waals surface area contributed by atoms with E-state index in [2.05, 4.69) is 10.6 Å². The molecule has 0 aliphatic carbocycles. The van der Waals surface area contributed by atoms with Crippen molar-refractivity contribution in [1.29, 1.82) is 0 Å². The molecule has 0 spiro atoms. The quantitative estimate of drug-likeness (QED) is 0.682. The van der Waals surface area contributed by atoms with Gasteiger partial charge in [-0.2, -0.15) is 0 Å². The molecule has 3 nitrogen and oxygen atoms in total. The van der Waals surface area contributed by atoms with Crippen LogP contribution in [0.4, 0.5) is 0 Å². The number of rotatable bonds is 0. The number of phenolic OH excluding ortho intramolecular Hbond substituents is 1. The maximum absolute atomic E-state index is 9.84. The fourth-order valence-electron chi connectivity index (χ4n) is 2.44. The van der Waals surface area contributed by atoms with Gasteiger partial charge in [0.2, 0.25) is 0 Å². The first-order valence-electron chi connectivity index (χ1n) is 5.31. The van der Waals surface area contributed by atoms with Crippen LogP contribution in [0.3, 0.4) is 0 Å². The Morgan fingerprint density at radius 3 is 3.13 bits per heavy atom. The van der Waals surface area contributed by atoms with Crippen molar-refractivity contribution >= 4 is 10.9 Å². The van der Waals surface area contributed by atoms with Crippen molar-refractivity contribution in [2.45, 2.75) is 25.4 Å². The molecule has 3 rings (SSSR count). The molecule has 1 aliphatic heterocycles. The van der Waals surface area contributed by atoms with Gasteiger partial charge in [-0.15, -0.1) is 0 Å². The molecule has 1 aromatic heterocycles. The molecular formula is C12H14N2O.